The summed E-state index contributed by atoms with van der Waals surface area (Å²) in [5.74, 6) is -1.07. The number of sulfonamides is 1. The molecule has 29 heavy (non-hydrogen) atoms. The van der Waals surface area contributed by atoms with Crippen molar-refractivity contribution in [1.29, 1.82) is 0 Å². The van der Waals surface area contributed by atoms with Crippen molar-refractivity contribution in [2.75, 3.05) is 17.5 Å². The SMILES string of the molecule is CCOC(=O)c1c(C)[nH]c(C)c1C(=O)CN1c2cccc3cccc(c23)S1(=O)=O. The molecular weight excluding hydrogens is 392 g/mol. The third-order valence-electron chi connectivity index (χ3n) is 5.10. The number of ether oxygens (including phenoxy) is 1. The molecule has 1 aliphatic heterocycles. The molecule has 0 unspecified atom stereocenters. The van der Waals surface area contributed by atoms with Crippen LogP contribution in [0.5, 0.6) is 0 Å². The van der Waals surface area contributed by atoms with Gasteiger partial charge in [0.15, 0.2) is 5.78 Å². The van der Waals surface area contributed by atoms with E-state index in [0.29, 0.717) is 22.5 Å². The Bertz CT molecular complexity index is 1270. The first-order valence-corrected chi connectivity index (χ1v) is 10.6. The van der Waals surface area contributed by atoms with E-state index in [1.54, 1.807) is 45.0 Å². The van der Waals surface area contributed by atoms with Crippen molar-refractivity contribution in [3.05, 3.63) is 58.9 Å². The maximum absolute atomic E-state index is 13.2. The number of benzene rings is 2. The van der Waals surface area contributed by atoms with E-state index in [0.717, 1.165) is 9.69 Å². The molecule has 3 aromatic rings. The number of rotatable bonds is 5. The predicted octanol–water partition coefficient (Wildman–Crippen LogP) is 3.35. The fourth-order valence-electron chi connectivity index (χ4n) is 3.93. The van der Waals surface area contributed by atoms with Crippen molar-refractivity contribution in [1.82, 2.24) is 4.98 Å². The van der Waals surface area contributed by atoms with Gasteiger partial charge in [0.05, 0.1) is 34.9 Å². The van der Waals surface area contributed by atoms with Crippen LogP contribution in [0.1, 0.15) is 39.0 Å². The van der Waals surface area contributed by atoms with Crippen molar-refractivity contribution >= 4 is 38.2 Å². The van der Waals surface area contributed by atoms with Gasteiger partial charge >= 0.3 is 5.97 Å². The summed E-state index contributed by atoms with van der Waals surface area (Å²) in [6, 6.07) is 10.3. The van der Waals surface area contributed by atoms with Crippen molar-refractivity contribution in [3.63, 3.8) is 0 Å². The lowest BCUT2D eigenvalue weighted by Crippen LogP contribution is -2.33. The van der Waals surface area contributed by atoms with Gasteiger partial charge in [0, 0.05) is 16.8 Å². The number of aromatic nitrogens is 1. The third-order valence-corrected chi connectivity index (χ3v) is 6.90. The normalized spacial score (nSPS) is 14.4. The molecule has 0 bridgehead atoms. The lowest BCUT2D eigenvalue weighted by Gasteiger charge is -2.18. The minimum atomic E-state index is -3.86. The van der Waals surface area contributed by atoms with Crippen LogP contribution >= 0.6 is 0 Å². The molecule has 1 N–H and O–H groups in total. The first-order chi connectivity index (χ1) is 13.8. The summed E-state index contributed by atoms with van der Waals surface area (Å²) in [5.41, 5.74) is 1.80. The average Bonchev–Trinajstić information content (AvgIpc) is 3.09. The van der Waals surface area contributed by atoms with Gasteiger partial charge in [-0.1, -0.05) is 24.3 Å². The van der Waals surface area contributed by atoms with Gasteiger partial charge in [0.2, 0.25) is 0 Å². The summed E-state index contributed by atoms with van der Waals surface area (Å²) in [4.78, 5) is 28.7. The number of hydrogen-bond donors (Lipinski definition) is 1. The lowest BCUT2D eigenvalue weighted by molar-refractivity contribution is 0.0522. The van der Waals surface area contributed by atoms with E-state index in [2.05, 4.69) is 4.98 Å². The standard InChI is InChI=1S/C21H20N2O5S/c1-4-28-21(25)19-13(3)22-12(2)18(19)16(24)11-23-15-9-5-7-14-8-6-10-17(20(14)15)29(23,26)27/h5-10,22H,4,11H2,1-3H3. The minimum Gasteiger partial charge on any atom is -0.462 e. The molecule has 2 aromatic carbocycles. The molecule has 4 rings (SSSR count). The monoisotopic (exact) mass is 412 g/mol. The van der Waals surface area contributed by atoms with Crippen LogP contribution in [-0.2, 0) is 14.8 Å². The molecule has 0 atom stereocenters. The molecule has 7 nitrogen and oxygen atoms in total. The van der Waals surface area contributed by atoms with Crippen LogP contribution in [0.15, 0.2) is 41.3 Å². The molecule has 0 fully saturated rings. The van der Waals surface area contributed by atoms with Crippen molar-refractivity contribution < 1.29 is 22.7 Å². The highest BCUT2D eigenvalue weighted by molar-refractivity contribution is 7.93. The Morgan fingerprint density at radius 1 is 1.03 bits per heavy atom. The Morgan fingerprint density at radius 3 is 2.38 bits per heavy atom. The predicted molar refractivity (Wildman–Crippen MR) is 109 cm³/mol. The summed E-state index contributed by atoms with van der Waals surface area (Å²) < 4.78 is 32.4. The lowest BCUT2D eigenvalue weighted by atomic mass is 10.0. The third kappa shape index (κ3) is 2.82. The molecule has 1 aromatic heterocycles. The number of aryl methyl sites for hydroxylation is 2. The van der Waals surface area contributed by atoms with Crippen LogP contribution in [0.25, 0.3) is 10.8 Å². The number of ketones is 1. The highest BCUT2D eigenvalue weighted by atomic mass is 32.2. The van der Waals surface area contributed by atoms with Crippen LogP contribution in [0, 0.1) is 13.8 Å². The topological polar surface area (TPSA) is 96.5 Å². The molecule has 2 heterocycles. The largest absolute Gasteiger partial charge is 0.462 e. The van der Waals surface area contributed by atoms with E-state index in [9.17, 15) is 18.0 Å². The summed E-state index contributed by atoms with van der Waals surface area (Å²) in [7, 11) is -3.86. The first kappa shape index (κ1) is 19.2. The molecule has 0 radical (unpaired) electrons. The van der Waals surface area contributed by atoms with Crippen molar-refractivity contribution in [3.8, 4) is 0 Å². The zero-order chi connectivity index (χ0) is 20.9. The van der Waals surface area contributed by atoms with E-state index >= 15 is 0 Å². The van der Waals surface area contributed by atoms with Crippen LogP contribution in [0.3, 0.4) is 0 Å². The van der Waals surface area contributed by atoms with E-state index in [1.165, 1.54) is 0 Å². The number of carbonyl (C=O) groups is 2. The Labute approximate surface area is 168 Å². The Balaban J connectivity index is 1.78. The van der Waals surface area contributed by atoms with Gasteiger partial charge < -0.3 is 9.72 Å². The summed E-state index contributed by atoms with van der Waals surface area (Å²) in [6.45, 7) is 4.81. The van der Waals surface area contributed by atoms with Crippen LogP contribution < -0.4 is 4.31 Å². The summed E-state index contributed by atoms with van der Waals surface area (Å²) >= 11 is 0. The maximum atomic E-state index is 13.2. The molecular formula is C21H20N2O5S. The second kappa shape index (κ2) is 6.73. The zero-order valence-corrected chi connectivity index (χ0v) is 17.1. The van der Waals surface area contributed by atoms with Gasteiger partial charge in [-0.25, -0.2) is 13.2 Å². The highest BCUT2D eigenvalue weighted by Gasteiger charge is 2.38. The fourth-order valence-corrected chi connectivity index (χ4v) is 5.59. The van der Waals surface area contributed by atoms with Crippen LogP contribution in [-0.4, -0.2) is 38.3 Å². The van der Waals surface area contributed by atoms with Crippen LogP contribution in [0.2, 0.25) is 0 Å². The number of esters is 1. The van der Waals surface area contributed by atoms with Gasteiger partial charge in [-0.05, 0) is 38.3 Å². The quantitative estimate of drug-likeness (QED) is 0.512. The van der Waals surface area contributed by atoms with Gasteiger partial charge in [-0.2, -0.15) is 0 Å². The summed E-state index contributed by atoms with van der Waals surface area (Å²) in [5, 5.41) is 1.40. The second-order valence-electron chi connectivity index (χ2n) is 6.91. The number of nitrogens with zero attached hydrogens (tertiary/aromatic N) is 1. The highest BCUT2D eigenvalue weighted by Crippen LogP contribution is 2.42. The molecule has 0 saturated carbocycles. The van der Waals surface area contributed by atoms with E-state index in [4.69, 9.17) is 4.74 Å². The molecule has 0 spiro atoms. The van der Waals surface area contributed by atoms with E-state index in [-0.39, 0.29) is 22.6 Å². The fraction of sp³-hybridized carbons (Fsp3) is 0.238. The number of carbonyl (C=O) groups excluding carboxylic acids is 2. The number of Topliss-reactive ketones (excluding diaryl/α,β-unsaturated/α-hetero) is 1. The van der Waals surface area contributed by atoms with Gasteiger partial charge in [0.25, 0.3) is 10.0 Å². The second-order valence-corrected chi connectivity index (χ2v) is 8.74. The average molecular weight is 412 g/mol. The smallest absolute Gasteiger partial charge is 0.340 e. The van der Waals surface area contributed by atoms with Crippen molar-refractivity contribution in [2.45, 2.75) is 25.7 Å². The zero-order valence-electron chi connectivity index (χ0n) is 16.3. The molecule has 0 aliphatic carbocycles. The van der Waals surface area contributed by atoms with E-state index in [1.807, 2.05) is 12.1 Å². The molecule has 150 valence electrons. The molecule has 0 amide bonds. The molecule has 0 saturated heterocycles. The molecule has 8 heteroatoms. The first-order valence-electron chi connectivity index (χ1n) is 9.21. The van der Waals surface area contributed by atoms with Gasteiger partial charge in [-0.15, -0.1) is 0 Å². The number of anilines is 1. The summed E-state index contributed by atoms with van der Waals surface area (Å²) in [6.07, 6.45) is 0. The number of hydrogen-bond acceptors (Lipinski definition) is 5. The Kier molecular flexibility index (Phi) is 4.46. The van der Waals surface area contributed by atoms with Gasteiger partial charge in [0.1, 0.15) is 0 Å². The Morgan fingerprint density at radius 2 is 1.69 bits per heavy atom. The Hall–Kier alpha value is -3.13. The molecule has 1 aliphatic rings. The van der Waals surface area contributed by atoms with Crippen molar-refractivity contribution in [2.24, 2.45) is 0 Å². The number of H-pyrrole nitrogens is 1. The van der Waals surface area contributed by atoms with E-state index < -0.39 is 28.3 Å². The van der Waals surface area contributed by atoms with Crippen LogP contribution in [0.4, 0.5) is 5.69 Å². The number of aromatic amines is 1. The maximum Gasteiger partial charge on any atom is 0.340 e. The number of nitrogens with one attached hydrogen (secondary N) is 1. The minimum absolute atomic E-state index is 0.154. The van der Waals surface area contributed by atoms with Gasteiger partial charge in [-0.3, -0.25) is 9.10 Å².